The number of thioether (sulfide) groups is 1. The minimum atomic E-state index is -1.13. The summed E-state index contributed by atoms with van der Waals surface area (Å²) in [6, 6.07) is -0.599. The summed E-state index contributed by atoms with van der Waals surface area (Å²) in [5, 5.41) is 12.3. The van der Waals surface area contributed by atoms with E-state index in [9.17, 15) is 24.3 Å². The zero-order valence-electron chi connectivity index (χ0n) is 19.3. The molecule has 0 radical (unpaired) electrons. The smallest absolute Gasteiger partial charge is 0.303 e. The summed E-state index contributed by atoms with van der Waals surface area (Å²) in [6.07, 6.45) is -2.42. The monoisotopic (exact) mass is 496 g/mol. The van der Waals surface area contributed by atoms with E-state index in [1.165, 1.54) is 39.5 Å². The predicted molar refractivity (Wildman–Crippen MR) is 121 cm³/mol. The number of rotatable bonds is 11. The molecular formula is C20H34NO9S2+. The van der Waals surface area contributed by atoms with Crippen molar-refractivity contribution in [2.24, 2.45) is 0 Å². The summed E-state index contributed by atoms with van der Waals surface area (Å²) in [5.74, 6) is -0.417. The highest BCUT2D eigenvalue weighted by atomic mass is 32.2. The van der Waals surface area contributed by atoms with Gasteiger partial charge in [0.2, 0.25) is 5.91 Å². The van der Waals surface area contributed by atoms with Crippen molar-refractivity contribution in [3.8, 4) is 0 Å². The van der Waals surface area contributed by atoms with Crippen molar-refractivity contribution in [3.05, 3.63) is 0 Å². The Labute approximate surface area is 195 Å². The Morgan fingerprint density at radius 2 is 1.53 bits per heavy atom. The number of aliphatic hydroxyl groups is 1. The van der Waals surface area contributed by atoms with Gasteiger partial charge in [-0.3, -0.25) is 19.2 Å². The molecule has 1 fully saturated rings. The molecule has 7 atom stereocenters. The highest BCUT2D eigenvalue weighted by molar-refractivity contribution is 7.99. The number of aliphatic hydroxyl groups excluding tert-OH is 1. The van der Waals surface area contributed by atoms with Crippen LogP contribution in [0.2, 0.25) is 0 Å². The summed E-state index contributed by atoms with van der Waals surface area (Å²) < 4.78 is 22.6. The molecule has 1 amide bonds. The summed E-state index contributed by atoms with van der Waals surface area (Å²) in [6.45, 7) is 6.98. The van der Waals surface area contributed by atoms with Crippen molar-refractivity contribution in [2.45, 2.75) is 70.5 Å². The average Bonchev–Trinajstić information content (AvgIpc) is 2.68. The fourth-order valence-electron chi connectivity index (χ4n) is 3.53. The lowest BCUT2D eigenvalue weighted by Crippen LogP contribution is -2.66. The molecule has 0 aromatic heterocycles. The average molecular weight is 497 g/mol. The van der Waals surface area contributed by atoms with Crippen LogP contribution in [-0.4, -0.2) is 94.9 Å². The summed E-state index contributed by atoms with van der Waals surface area (Å²) in [5.41, 5.74) is -0.738. The molecule has 2 N–H and O–H groups in total. The molecule has 10 nitrogen and oxygen atoms in total. The first kappa shape index (κ1) is 28.5. The Kier molecular flexibility index (Phi) is 12.4. The molecule has 32 heavy (non-hydrogen) atoms. The molecule has 1 rings (SSSR count). The molecule has 0 aliphatic carbocycles. The summed E-state index contributed by atoms with van der Waals surface area (Å²) in [4.78, 5) is 47.6. The molecule has 1 aliphatic rings. The Morgan fingerprint density at radius 1 is 1.00 bits per heavy atom. The van der Waals surface area contributed by atoms with Gasteiger partial charge in [-0.25, -0.2) is 0 Å². The maximum absolute atomic E-state index is 12.0. The van der Waals surface area contributed by atoms with E-state index < -0.39 is 53.8 Å². The van der Waals surface area contributed by atoms with E-state index in [4.69, 9.17) is 18.9 Å². The normalized spacial score (nSPS) is 27.0. The maximum Gasteiger partial charge on any atom is 0.303 e. The summed E-state index contributed by atoms with van der Waals surface area (Å²) >= 11 is 1.24. The van der Waals surface area contributed by atoms with E-state index >= 15 is 0 Å². The van der Waals surface area contributed by atoms with Crippen molar-refractivity contribution in [1.82, 2.24) is 5.32 Å². The number of carbonyl (C=O) groups is 4. The molecule has 1 aliphatic heterocycles. The van der Waals surface area contributed by atoms with E-state index in [1.54, 1.807) is 6.26 Å². The van der Waals surface area contributed by atoms with Crippen molar-refractivity contribution < 1.29 is 43.2 Å². The quantitative estimate of drug-likeness (QED) is 0.228. The van der Waals surface area contributed by atoms with Crippen LogP contribution in [0.5, 0.6) is 0 Å². The van der Waals surface area contributed by atoms with E-state index in [0.717, 1.165) is 5.75 Å². The molecule has 184 valence electrons. The van der Waals surface area contributed by atoms with Crippen molar-refractivity contribution in [3.63, 3.8) is 0 Å². The molecule has 0 aromatic carbocycles. The first-order valence-corrected chi connectivity index (χ1v) is 13.3. The molecular weight excluding hydrogens is 462 g/mol. The largest absolute Gasteiger partial charge is 0.456 e. The van der Waals surface area contributed by atoms with Gasteiger partial charge < -0.3 is 29.4 Å². The van der Waals surface area contributed by atoms with Crippen LogP contribution >= 0.6 is 11.8 Å². The zero-order chi connectivity index (χ0) is 24.4. The SMILES string of the molecule is CC[S+](CCO)C[C@H](NC(C)=O)[C@H]1O[C@H](SC)[C@H](OC(C)=O)[C@@H](OC(C)=O)[C@H]1OC(C)=O. The first-order chi connectivity index (χ1) is 15.0. The maximum atomic E-state index is 12.0. The zero-order valence-corrected chi connectivity index (χ0v) is 21.0. The molecule has 0 spiro atoms. The van der Waals surface area contributed by atoms with Crippen molar-refractivity contribution >= 4 is 46.5 Å². The topological polar surface area (TPSA) is 137 Å². The Hall–Kier alpha value is -1.50. The fraction of sp³-hybridized carbons (Fsp3) is 0.800. The van der Waals surface area contributed by atoms with Crippen molar-refractivity contribution in [2.75, 3.05) is 30.1 Å². The van der Waals surface area contributed by atoms with Gasteiger partial charge in [-0.2, -0.15) is 0 Å². The number of nitrogens with one attached hydrogen (secondary N) is 1. The lowest BCUT2D eigenvalue weighted by Gasteiger charge is -2.46. The highest BCUT2D eigenvalue weighted by Gasteiger charge is 2.54. The number of hydrogen-bond donors (Lipinski definition) is 2. The van der Waals surface area contributed by atoms with Crippen LogP contribution < -0.4 is 5.32 Å². The minimum absolute atomic E-state index is 0.000671. The molecule has 0 aromatic rings. The van der Waals surface area contributed by atoms with Gasteiger partial charge in [0.25, 0.3) is 0 Å². The van der Waals surface area contributed by atoms with Crippen LogP contribution in [0, 0.1) is 0 Å². The second-order valence-electron chi connectivity index (χ2n) is 7.23. The van der Waals surface area contributed by atoms with Crippen LogP contribution in [0.3, 0.4) is 0 Å². The van der Waals surface area contributed by atoms with E-state index in [-0.39, 0.29) is 23.4 Å². The fourth-order valence-corrected chi connectivity index (χ4v) is 5.97. The van der Waals surface area contributed by atoms with E-state index in [1.807, 2.05) is 6.92 Å². The van der Waals surface area contributed by atoms with Gasteiger partial charge in [-0.05, 0) is 24.1 Å². The second-order valence-corrected chi connectivity index (χ2v) is 10.7. The van der Waals surface area contributed by atoms with Gasteiger partial charge in [0.05, 0.1) is 6.61 Å². The Bertz CT molecular complexity index is 663. The minimum Gasteiger partial charge on any atom is -0.456 e. The number of esters is 3. The van der Waals surface area contributed by atoms with Crippen LogP contribution in [-0.2, 0) is 49.0 Å². The highest BCUT2D eigenvalue weighted by Crippen LogP contribution is 2.34. The molecule has 1 unspecified atom stereocenters. The van der Waals surface area contributed by atoms with Gasteiger partial charge in [-0.1, -0.05) is 0 Å². The number of amides is 1. The van der Waals surface area contributed by atoms with Crippen LogP contribution in [0.4, 0.5) is 0 Å². The second kappa shape index (κ2) is 13.9. The molecule has 0 saturated carbocycles. The summed E-state index contributed by atoms with van der Waals surface area (Å²) in [7, 11) is -0.245. The van der Waals surface area contributed by atoms with Gasteiger partial charge in [0, 0.05) is 27.7 Å². The number of ether oxygens (including phenoxy) is 4. The number of carbonyl (C=O) groups excluding carboxylic acids is 4. The van der Waals surface area contributed by atoms with Crippen molar-refractivity contribution in [1.29, 1.82) is 0 Å². The third kappa shape index (κ3) is 8.80. The van der Waals surface area contributed by atoms with Crippen LogP contribution in [0.25, 0.3) is 0 Å². The number of hydrogen-bond acceptors (Lipinski definition) is 10. The Morgan fingerprint density at radius 3 is 1.97 bits per heavy atom. The van der Waals surface area contributed by atoms with E-state index in [0.29, 0.717) is 11.5 Å². The third-order valence-corrected chi connectivity index (χ3v) is 7.91. The first-order valence-electron chi connectivity index (χ1n) is 10.3. The standard InChI is InChI=1S/C20H33NO9S2/c1-7-32(9-8-22)10-15(21-11(2)23)16-17(27-12(3)24)18(28-13(4)25)19(29-14(5)26)20(30-16)31-6/h15-20,22H,7-10H2,1-6H3/p+1/t15-,16+,17-,18-,19+,20+,32?/m0/s1. The van der Waals surface area contributed by atoms with Gasteiger partial charge >= 0.3 is 17.9 Å². The molecule has 1 heterocycles. The predicted octanol–water partition coefficient (Wildman–Crippen LogP) is 0.00460. The lowest BCUT2D eigenvalue weighted by atomic mass is 9.94. The molecule has 12 heteroatoms. The van der Waals surface area contributed by atoms with Gasteiger partial charge in [0.15, 0.2) is 18.3 Å². The van der Waals surface area contributed by atoms with Crippen LogP contribution in [0.1, 0.15) is 34.6 Å². The van der Waals surface area contributed by atoms with Gasteiger partial charge in [-0.15, -0.1) is 11.8 Å². The molecule has 0 bridgehead atoms. The Balaban J connectivity index is 3.46. The van der Waals surface area contributed by atoms with Crippen LogP contribution in [0.15, 0.2) is 0 Å². The third-order valence-electron chi connectivity index (χ3n) is 4.66. The molecule has 1 saturated heterocycles. The lowest BCUT2D eigenvalue weighted by molar-refractivity contribution is -0.234. The van der Waals surface area contributed by atoms with E-state index in [2.05, 4.69) is 5.32 Å². The van der Waals surface area contributed by atoms with Gasteiger partial charge in [0.1, 0.15) is 34.8 Å².